The maximum Gasteiger partial charge on any atom is 1.00 e. The van der Waals surface area contributed by atoms with E-state index in [0.29, 0.717) is 71.0 Å². The molecule has 0 bridgehead atoms. The summed E-state index contributed by atoms with van der Waals surface area (Å²) < 4.78 is 0. The molecule has 0 amide bonds. The Morgan fingerprint density at radius 3 is 0.360 bits per heavy atom. The molecule has 6 nitrogen and oxygen atoms in total. The minimum absolute atomic E-state index is 0. The molecule has 0 saturated heterocycles. The fraction of sp³-hybridized carbons (Fsp3) is 0.462. The number of nitrogens with zero attached hydrogens (tertiary/aromatic N) is 6. The first-order valence-electron chi connectivity index (χ1n) is 33.2. The second-order valence-electron chi connectivity index (χ2n) is 28.3. The molecule has 0 atom stereocenters. The first-order valence-corrected chi connectivity index (χ1v) is 33.2. The van der Waals surface area contributed by atoms with Gasteiger partial charge in [-0.05, 0) is 175 Å². The SMILES string of the molecule is CC(C)c1cccc(C(C)C)c1N1[B-]N(c2c(C(C)C)cccc2C(C)C)C=C1.CC(C)c1cccc(C(C)C)c1N1[B-]N(c2c(C(C)C)cccc2C(C)C)C=C1.CC(C)c1cccc(C(C)C)c1N1[B-]N(c2c(C(C)C)cccc2C(C)C)C=C1.[In+].[In]. The number of hydrogen-bond donors (Lipinski definition) is 0. The Bertz CT molecular complexity index is 2630. The van der Waals surface area contributed by atoms with Crippen LogP contribution in [0, 0.1) is 0 Å². The standard InChI is InChI=1S/3C26H36BN2.2In/c3*1-17(2)21-11-9-12-22(18(3)4)25(21)28-15-16-29(27-28)26-23(19(5)6)13-10-14-24(26)20(7)8;;/h3*9-20H,1-8H3;;/q3*-1;;+1. The van der Waals surface area contributed by atoms with Crippen molar-refractivity contribution < 1.29 is 0 Å². The second kappa shape index (κ2) is 33.2. The van der Waals surface area contributed by atoms with Crippen molar-refractivity contribution in [3.63, 3.8) is 0 Å². The fourth-order valence-corrected chi connectivity index (χ4v) is 12.7. The molecule has 0 spiro atoms. The van der Waals surface area contributed by atoms with Crippen LogP contribution in [0.4, 0.5) is 34.1 Å². The molecular weight excluding hydrogens is 1280 g/mol. The van der Waals surface area contributed by atoms with Gasteiger partial charge in [-0.3, -0.25) is 0 Å². The van der Waals surface area contributed by atoms with E-state index >= 15 is 0 Å². The van der Waals surface area contributed by atoms with Gasteiger partial charge < -0.3 is 28.9 Å². The van der Waals surface area contributed by atoms with Gasteiger partial charge in [0.2, 0.25) is 0 Å². The summed E-state index contributed by atoms with van der Waals surface area (Å²) in [6.07, 6.45) is 13.3. The van der Waals surface area contributed by atoms with Crippen molar-refractivity contribution in [1.82, 2.24) is 0 Å². The molecule has 3 heterocycles. The topological polar surface area (TPSA) is 19.4 Å². The largest absolute Gasteiger partial charge is 1.00 e. The third-order valence-electron chi connectivity index (χ3n) is 17.5. The summed E-state index contributed by atoms with van der Waals surface area (Å²) in [6, 6.07) is 40.5. The van der Waals surface area contributed by atoms with E-state index in [1.165, 1.54) is 101 Å². The molecule has 11 radical (unpaired) electrons. The van der Waals surface area contributed by atoms with Crippen molar-refractivity contribution in [3.8, 4) is 0 Å². The third-order valence-corrected chi connectivity index (χ3v) is 17.5. The normalized spacial score (nSPS) is 14.0. The molecule has 0 unspecified atom stereocenters. The maximum absolute atomic E-state index is 2.33. The van der Waals surface area contributed by atoms with Crippen LogP contribution in [0.1, 0.15) is 304 Å². The molecule has 467 valence electrons. The van der Waals surface area contributed by atoms with E-state index in [-0.39, 0.29) is 51.7 Å². The van der Waals surface area contributed by atoms with Gasteiger partial charge in [-0.1, -0.05) is 298 Å². The molecule has 0 aromatic heterocycles. The van der Waals surface area contributed by atoms with E-state index in [1.54, 1.807) is 0 Å². The Morgan fingerprint density at radius 2 is 0.281 bits per heavy atom. The van der Waals surface area contributed by atoms with Gasteiger partial charge in [-0.15, -0.1) is 0 Å². The summed E-state index contributed by atoms with van der Waals surface area (Å²) in [7, 11) is 6.79. The van der Waals surface area contributed by atoms with E-state index in [9.17, 15) is 0 Å². The van der Waals surface area contributed by atoms with Gasteiger partial charge in [0.25, 0.3) is 0 Å². The molecule has 6 aromatic carbocycles. The zero-order chi connectivity index (χ0) is 63.9. The van der Waals surface area contributed by atoms with E-state index in [2.05, 4.69) is 364 Å². The first-order chi connectivity index (χ1) is 41.2. The molecule has 3 aliphatic heterocycles. The number of para-hydroxylation sites is 6. The quantitative estimate of drug-likeness (QED) is 0.0793. The Hall–Kier alpha value is -4.72. The van der Waals surface area contributed by atoms with E-state index in [0.717, 1.165) is 0 Å². The first kappa shape index (κ1) is 75.0. The summed E-state index contributed by atoms with van der Waals surface area (Å²) >= 11 is 0. The number of benzene rings is 6. The predicted octanol–water partition coefficient (Wildman–Crippen LogP) is 21.8. The molecular formula is C78H108B3In2N6-2. The van der Waals surface area contributed by atoms with Crippen LogP contribution < -0.4 is 28.9 Å². The molecule has 0 fully saturated rings. The minimum atomic E-state index is 0. The number of hydrogen-bond acceptors (Lipinski definition) is 6. The molecule has 0 saturated carbocycles. The van der Waals surface area contributed by atoms with Gasteiger partial charge in [0.15, 0.2) is 0 Å². The van der Waals surface area contributed by atoms with Crippen LogP contribution in [0.15, 0.2) is 146 Å². The second-order valence-corrected chi connectivity index (χ2v) is 28.3. The van der Waals surface area contributed by atoms with Crippen LogP contribution in [-0.4, -0.2) is 74.3 Å². The average Bonchev–Trinajstić information content (AvgIpc) is 1.97. The van der Waals surface area contributed by atoms with Crippen LogP contribution in [0.3, 0.4) is 0 Å². The van der Waals surface area contributed by atoms with Crippen LogP contribution in [0.2, 0.25) is 0 Å². The van der Waals surface area contributed by atoms with E-state index < -0.39 is 0 Å². The monoisotopic (exact) mass is 1390 g/mol. The van der Waals surface area contributed by atoms with E-state index in [1.807, 2.05) is 0 Å². The number of anilines is 6. The summed E-state index contributed by atoms with van der Waals surface area (Å²) in [5.74, 6) is 5.76. The van der Waals surface area contributed by atoms with Gasteiger partial charge in [0.1, 0.15) is 0 Å². The molecule has 11 heteroatoms. The predicted molar refractivity (Wildman–Crippen MR) is 399 cm³/mol. The summed E-state index contributed by atoms with van der Waals surface area (Å²) in [6.45, 7) is 54.8. The Kier molecular flexibility index (Phi) is 28.0. The average molecular weight is 1390 g/mol. The molecule has 89 heavy (non-hydrogen) atoms. The van der Waals surface area contributed by atoms with Gasteiger partial charge in [0, 0.05) is 60.0 Å². The van der Waals surface area contributed by atoms with Crippen molar-refractivity contribution in [2.75, 3.05) is 28.9 Å². The molecule has 3 aliphatic rings. The van der Waals surface area contributed by atoms with Crippen molar-refractivity contribution in [2.45, 2.75) is 237 Å². The van der Waals surface area contributed by atoms with Crippen LogP contribution in [0.25, 0.3) is 0 Å². The zero-order valence-corrected chi connectivity index (χ0v) is 65.9. The van der Waals surface area contributed by atoms with Crippen LogP contribution in [-0.2, 0) is 0 Å². The van der Waals surface area contributed by atoms with Gasteiger partial charge in [-0.25, -0.2) is 0 Å². The van der Waals surface area contributed by atoms with Crippen molar-refractivity contribution >= 4 is 108 Å². The van der Waals surface area contributed by atoms with Gasteiger partial charge >= 0.3 is 25.8 Å². The van der Waals surface area contributed by atoms with Crippen LogP contribution >= 0.6 is 0 Å². The maximum atomic E-state index is 2.33. The smallest absolute Gasteiger partial charge is 0.564 e. The van der Waals surface area contributed by atoms with Gasteiger partial charge in [0.05, 0.1) is 0 Å². The summed E-state index contributed by atoms with van der Waals surface area (Å²) in [4.78, 5) is 14.0. The van der Waals surface area contributed by atoms with Gasteiger partial charge in [-0.2, -0.15) is 0 Å². The Labute approximate surface area is 582 Å². The molecule has 9 rings (SSSR count). The minimum Gasteiger partial charge on any atom is -0.564 e. The van der Waals surface area contributed by atoms with E-state index in [4.69, 9.17) is 0 Å². The van der Waals surface area contributed by atoms with Crippen LogP contribution in [0.5, 0.6) is 0 Å². The summed E-state index contributed by atoms with van der Waals surface area (Å²) in [5, 5.41) is 0. The zero-order valence-electron chi connectivity index (χ0n) is 59.4. The molecule has 6 aromatic rings. The molecule has 0 aliphatic carbocycles. The third kappa shape index (κ3) is 17.3. The van der Waals surface area contributed by atoms with Crippen molar-refractivity contribution in [1.29, 1.82) is 0 Å². The Balaban J connectivity index is 0.000000240. The summed E-state index contributed by atoms with van der Waals surface area (Å²) in [5.41, 5.74) is 24.9. The number of rotatable bonds is 18. The fourth-order valence-electron chi connectivity index (χ4n) is 12.7. The van der Waals surface area contributed by atoms with Crippen molar-refractivity contribution in [2.24, 2.45) is 0 Å². The Morgan fingerprint density at radius 1 is 0.191 bits per heavy atom. The molecule has 0 N–H and O–H groups in total. The van der Waals surface area contributed by atoms with Crippen molar-refractivity contribution in [3.05, 3.63) is 213 Å².